The van der Waals surface area contributed by atoms with Crippen molar-refractivity contribution in [2.24, 2.45) is 0 Å². The van der Waals surface area contributed by atoms with Crippen LogP contribution in [-0.2, 0) is 0 Å². The van der Waals surface area contributed by atoms with Gasteiger partial charge in [-0.15, -0.1) is 6.42 Å². The number of aryl methyl sites for hydroxylation is 1. The molecule has 0 aromatic heterocycles. The van der Waals surface area contributed by atoms with E-state index in [0.29, 0.717) is 5.56 Å². The fourth-order valence-electron chi connectivity index (χ4n) is 1.06. The lowest BCUT2D eigenvalue weighted by molar-refractivity contribution is 0.0947. The van der Waals surface area contributed by atoms with Crippen LogP contribution < -0.4 is 5.32 Å². The average molecular weight is 205 g/mol. The van der Waals surface area contributed by atoms with Crippen molar-refractivity contribution in [1.29, 1.82) is 0 Å². The van der Waals surface area contributed by atoms with Crippen molar-refractivity contribution in [3.05, 3.63) is 35.1 Å². The monoisotopic (exact) mass is 205 g/mol. The molecule has 0 aliphatic rings. The lowest BCUT2D eigenvalue weighted by Crippen LogP contribution is -2.31. The first-order valence-electron chi connectivity index (χ1n) is 4.57. The molecule has 2 nitrogen and oxygen atoms in total. The number of carbonyl (C=O) groups excluding carboxylic acids is 1. The number of hydrogen-bond donors (Lipinski definition) is 1. The van der Waals surface area contributed by atoms with Crippen LogP contribution in [0.4, 0.5) is 4.39 Å². The summed E-state index contributed by atoms with van der Waals surface area (Å²) in [5, 5.41) is 2.55. The van der Waals surface area contributed by atoms with E-state index in [4.69, 9.17) is 6.42 Å². The fraction of sp³-hybridized carbons (Fsp3) is 0.250. The van der Waals surface area contributed by atoms with Crippen LogP contribution in [0.1, 0.15) is 22.8 Å². The Labute approximate surface area is 88.5 Å². The average Bonchev–Trinajstić information content (AvgIpc) is 2.21. The van der Waals surface area contributed by atoms with E-state index >= 15 is 0 Å². The van der Waals surface area contributed by atoms with Gasteiger partial charge in [-0.3, -0.25) is 4.79 Å². The predicted molar refractivity (Wildman–Crippen MR) is 56.9 cm³/mol. The van der Waals surface area contributed by atoms with E-state index < -0.39 is 5.82 Å². The molecule has 1 N–H and O–H groups in total. The lowest BCUT2D eigenvalue weighted by Gasteiger charge is -2.08. The van der Waals surface area contributed by atoms with Crippen molar-refractivity contribution >= 4 is 5.91 Å². The molecule has 1 aromatic carbocycles. The molecule has 0 saturated carbocycles. The number of halogens is 1. The van der Waals surface area contributed by atoms with Crippen LogP contribution in [0.2, 0.25) is 0 Å². The normalized spacial score (nSPS) is 11.6. The summed E-state index contributed by atoms with van der Waals surface area (Å²) in [6.45, 7) is 3.32. The SMILES string of the molecule is C#CC(C)NC(=O)c1ccc(C)c(F)c1. The van der Waals surface area contributed by atoms with Crippen molar-refractivity contribution < 1.29 is 9.18 Å². The Morgan fingerprint density at radius 2 is 2.27 bits per heavy atom. The molecule has 1 amide bonds. The van der Waals surface area contributed by atoms with Gasteiger partial charge in [-0.05, 0) is 31.5 Å². The molecular weight excluding hydrogens is 193 g/mol. The van der Waals surface area contributed by atoms with Gasteiger partial charge in [0.05, 0.1) is 6.04 Å². The molecule has 78 valence electrons. The maximum atomic E-state index is 13.1. The Balaban J connectivity index is 2.84. The van der Waals surface area contributed by atoms with Crippen LogP contribution >= 0.6 is 0 Å². The van der Waals surface area contributed by atoms with Crippen LogP contribution in [0.3, 0.4) is 0 Å². The first kappa shape index (κ1) is 11.3. The third-order valence-electron chi connectivity index (χ3n) is 2.03. The zero-order valence-corrected chi connectivity index (χ0v) is 8.67. The van der Waals surface area contributed by atoms with E-state index in [2.05, 4.69) is 11.2 Å². The first-order chi connectivity index (χ1) is 7.04. The molecule has 1 atom stereocenters. The van der Waals surface area contributed by atoms with Gasteiger partial charge in [0.15, 0.2) is 0 Å². The van der Waals surface area contributed by atoms with Crippen molar-refractivity contribution in [3.8, 4) is 12.3 Å². The summed E-state index contributed by atoms with van der Waals surface area (Å²) in [6, 6.07) is 3.97. The number of amides is 1. The third kappa shape index (κ3) is 2.81. The molecule has 15 heavy (non-hydrogen) atoms. The summed E-state index contributed by atoms with van der Waals surface area (Å²) in [7, 11) is 0. The summed E-state index contributed by atoms with van der Waals surface area (Å²) in [5.74, 6) is 1.61. The molecule has 0 bridgehead atoms. The second-order valence-electron chi connectivity index (χ2n) is 3.33. The molecule has 1 aromatic rings. The molecule has 0 fully saturated rings. The highest BCUT2D eigenvalue weighted by Gasteiger charge is 2.09. The van der Waals surface area contributed by atoms with Gasteiger partial charge >= 0.3 is 0 Å². The first-order valence-corrected chi connectivity index (χ1v) is 4.57. The predicted octanol–water partition coefficient (Wildman–Crippen LogP) is 1.89. The summed E-state index contributed by atoms with van der Waals surface area (Å²) < 4.78 is 13.1. The molecule has 0 radical (unpaired) electrons. The fourth-order valence-corrected chi connectivity index (χ4v) is 1.06. The van der Waals surface area contributed by atoms with Crippen molar-refractivity contribution in [2.45, 2.75) is 19.9 Å². The van der Waals surface area contributed by atoms with E-state index in [1.54, 1.807) is 26.0 Å². The molecule has 1 unspecified atom stereocenters. The highest BCUT2D eigenvalue weighted by Crippen LogP contribution is 2.09. The Bertz CT molecular complexity index is 420. The van der Waals surface area contributed by atoms with E-state index in [1.807, 2.05) is 0 Å². The van der Waals surface area contributed by atoms with Crippen molar-refractivity contribution in [1.82, 2.24) is 5.32 Å². The minimum atomic E-state index is -0.393. The zero-order chi connectivity index (χ0) is 11.4. The zero-order valence-electron chi connectivity index (χ0n) is 8.67. The largest absolute Gasteiger partial charge is 0.339 e. The minimum Gasteiger partial charge on any atom is -0.339 e. The third-order valence-corrected chi connectivity index (χ3v) is 2.03. The van der Waals surface area contributed by atoms with Gasteiger partial charge in [0.2, 0.25) is 0 Å². The lowest BCUT2D eigenvalue weighted by atomic mass is 10.1. The molecule has 0 saturated heterocycles. The highest BCUT2D eigenvalue weighted by molar-refractivity contribution is 5.94. The minimum absolute atomic E-state index is 0.278. The van der Waals surface area contributed by atoms with Gasteiger partial charge in [0.1, 0.15) is 5.82 Å². The van der Waals surface area contributed by atoms with Crippen molar-refractivity contribution in [2.75, 3.05) is 0 Å². The molecule has 1 rings (SSSR count). The van der Waals surface area contributed by atoms with Crippen molar-refractivity contribution in [3.63, 3.8) is 0 Å². The van der Waals surface area contributed by atoms with E-state index in [9.17, 15) is 9.18 Å². The number of hydrogen-bond acceptors (Lipinski definition) is 1. The number of nitrogens with one attached hydrogen (secondary N) is 1. The van der Waals surface area contributed by atoms with Crippen LogP contribution in [0.25, 0.3) is 0 Å². The second-order valence-corrected chi connectivity index (χ2v) is 3.33. The number of terminal acetylenes is 1. The number of rotatable bonds is 2. The quantitative estimate of drug-likeness (QED) is 0.734. The van der Waals surface area contributed by atoms with E-state index in [0.717, 1.165) is 0 Å². The molecule has 0 aliphatic heterocycles. The Hall–Kier alpha value is -1.82. The summed E-state index contributed by atoms with van der Waals surface area (Å²) >= 11 is 0. The van der Waals surface area contributed by atoms with Crippen LogP contribution in [0.15, 0.2) is 18.2 Å². The number of benzene rings is 1. The maximum absolute atomic E-state index is 13.1. The topological polar surface area (TPSA) is 29.1 Å². The maximum Gasteiger partial charge on any atom is 0.252 e. The number of carbonyl (C=O) groups is 1. The summed E-state index contributed by atoms with van der Waals surface area (Å²) in [5.41, 5.74) is 0.789. The van der Waals surface area contributed by atoms with E-state index in [-0.39, 0.29) is 17.5 Å². The van der Waals surface area contributed by atoms with Gasteiger partial charge < -0.3 is 5.32 Å². The van der Waals surface area contributed by atoms with E-state index in [1.165, 1.54) is 6.07 Å². The van der Waals surface area contributed by atoms with Crippen LogP contribution in [0, 0.1) is 25.1 Å². The molecule has 3 heteroatoms. The standard InChI is InChI=1S/C12H12FNO/c1-4-9(3)14-12(15)10-6-5-8(2)11(13)7-10/h1,5-7,9H,2-3H3,(H,14,15). The van der Waals surface area contributed by atoms with Gasteiger partial charge in [0.25, 0.3) is 5.91 Å². The summed E-state index contributed by atoms with van der Waals surface area (Å²) in [6.07, 6.45) is 5.11. The highest BCUT2D eigenvalue weighted by atomic mass is 19.1. The van der Waals surface area contributed by atoms with Gasteiger partial charge in [-0.1, -0.05) is 12.0 Å². The second kappa shape index (κ2) is 4.61. The van der Waals surface area contributed by atoms with Gasteiger partial charge in [-0.25, -0.2) is 4.39 Å². The van der Waals surface area contributed by atoms with Crippen LogP contribution in [-0.4, -0.2) is 11.9 Å². The van der Waals surface area contributed by atoms with Crippen LogP contribution in [0.5, 0.6) is 0 Å². The molecule has 0 heterocycles. The summed E-state index contributed by atoms with van der Waals surface area (Å²) in [4.78, 5) is 11.5. The Morgan fingerprint density at radius 3 is 2.80 bits per heavy atom. The molecule has 0 aliphatic carbocycles. The molecular formula is C12H12FNO. The molecule has 0 spiro atoms. The Morgan fingerprint density at radius 1 is 1.60 bits per heavy atom. The van der Waals surface area contributed by atoms with Gasteiger partial charge in [-0.2, -0.15) is 0 Å². The Kier molecular flexibility index (Phi) is 3.46. The smallest absolute Gasteiger partial charge is 0.252 e. The van der Waals surface area contributed by atoms with Gasteiger partial charge in [0, 0.05) is 5.56 Å².